The molecule has 0 spiro atoms. The summed E-state index contributed by atoms with van der Waals surface area (Å²) in [4.78, 5) is 14.2. The Balaban J connectivity index is 2.39. The number of nitro benzene ring substituents is 1. The van der Waals surface area contributed by atoms with E-state index in [9.17, 15) is 15.2 Å². The Morgan fingerprint density at radius 1 is 1.30 bits per heavy atom. The van der Waals surface area contributed by atoms with Crippen LogP contribution in [0.25, 0.3) is 0 Å². The lowest BCUT2D eigenvalue weighted by Gasteiger charge is -1.99. The van der Waals surface area contributed by atoms with Gasteiger partial charge in [-0.2, -0.15) is 5.26 Å². The van der Waals surface area contributed by atoms with E-state index >= 15 is 0 Å². The predicted molar refractivity (Wildman–Crippen MR) is 73.2 cm³/mol. The molecule has 0 heterocycles. The third-order valence-corrected chi connectivity index (χ3v) is 2.59. The van der Waals surface area contributed by atoms with Gasteiger partial charge in [0.2, 0.25) is 0 Å². The molecule has 0 radical (unpaired) electrons. The van der Waals surface area contributed by atoms with Gasteiger partial charge in [-0.1, -0.05) is 12.1 Å². The molecule has 20 heavy (non-hydrogen) atoms. The number of para-hydroxylation sites is 1. The van der Waals surface area contributed by atoms with Gasteiger partial charge in [0, 0.05) is 23.9 Å². The Bertz CT molecular complexity index is 733. The second-order valence-corrected chi connectivity index (χ2v) is 3.89. The fraction of sp³-hybridized carbons (Fsp3) is 0. The molecule has 0 aliphatic heterocycles. The lowest BCUT2D eigenvalue weighted by atomic mass is 10.2. The van der Waals surface area contributed by atoms with Crippen LogP contribution in [0.4, 0.5) is 11.4 Å². The highest BCUT2D eigenvalue weighted by molar-refractivity contribution is 5.86. The molecular weight excluding hydrogens is 258 g/mol. The predicted octanol–water partition coefficient (Wildman–Crippen LogP) is 2.92. The average Bonchev–Trinajstić information content (AvgIpc) is 2.46. The number of benzene rings is 2. The number of nitro groups is 1. The van der Waals surface area contributed by atoms with Crippen molar-refractivity contribution >= 4 is 17.6 Å². The maximum atomic E-state index is 10.7. The van der Waals surface area contributed by atoms with Gasteiger partial charge in [0.05, 0.1) is 16.2 Å². The van der Waals surface area contributed by atoms with Gasteiger partial charge in [0.15, 0.2) is 0 Å². The first-order chi connectivity index (χ1) is 9.61. The van der Waals surface area contributed by atoms with Crippen LogP contribution in [0.15, 0.2) is 47.5 Å². The van der Waals surface area contributed by atoms with Crippen LogP contribution >= 0.6 is 0 Å². The summed E-state index contributed by atoms with van der Waals surface area (Å²) in [6.45, 7) is 0. The molecule has 0 aliphatic carbocycles. The Morgan fingerprint density at radius 3 is 2.75 bits per heavy atom. The van der Waals surface area contributed by atoms with Crippen LogP contribution in [-0.4, -0.2) is 16.2 Å². The van der Waals surface area contributed by atoms with Crippen molar-refractivity contribution < 1.29 is 10.0 Å². The van der Waals surface area contributed by atoms with E-state index in [1.165, 1.54) is 24.4 Å². The zero-order valence-electron chi connectivity index (χ0n) is 10.2. The molecule has 0 atom stereocenters. The monoisotopic (exact) mass is 267 g/mol. The van der Waals surface area contributed by atoms with Gasteiger partial charge in [-0.05, 0) is 18.2 Å². The van der Waals surface area contributed by atoms with Gasteiger partial charge in [0.1, 0.15) is 11.8 Å². The summed E-state index contributed by atoms with van der Waals surface area (Å²) in [7, 11) is 0. The lowest BCUT2D eigenvalue weighted by Crippen LogP contribution is -1.90. The summed E-state index contributed by atoms with van der Waals surface area (Å²) in [6, 6.07) is 12.3. The summed E-state index contributed by atoms with van der Waals surface area (Å²) >= 11 is 0. The van der Waals surface area contributed by atoms with Crippen molar-refractivity contribution in [1.82, 2.24) is 0 Å². The zero-order valence-corrected chi connectivity index (χ0v) is 10.2. The molecule has 98 valence electrons. The summed E-state index contributed by atoms with van der Waals surface area (Å²) in [5.41, 5.74) is 0.888. The molecule has 2 rings (SSSR count). The fourth-order valence-corrected chi connectivity index (χ4v) is 1.58. The topological polar surface area (TPSA) is 99.5 Å². The second-order valence-electron chi connectivity index (χ2n) is 3.89. The largest absolute Gasteiger partial charge is 0.507 e. The summed E-state index contributed by atoms with van der Waals surface area (Å²) in [5, 5.41) is 29.2. The van der Waals surface area contributed by atoms with E-state index in [1.54, 1.807) is 24.3 Å². The van der Waals surface area contributed by atoms with E-state index in [2.05, 4.69) is 4.99 Å². The first-order valence-corrected chi connectivity index (χ1v) is 5.62. The quantitative estimate of drug-likeness (QED) is 0.525. The number of nitrogens with zero attached hydrogens (tertiary/aromatic N) is 3. The molecule has 6 heteroatoms. The van der Waals surface area contributed by atoms with Crippen molar-refractivity contribution in [2.75, 3.05) is 0 Å². The minimum Gasteiger partial charge on any atom is -0.507 e. The molecule has 0 bridgehead atoms. The van der Waals surface area contributed by atoms with Crippen molar-refractivity contribution in [1.29, 1.82) is 5.26 Å². The van der Waals surface area contributed by atoms with E-state index in [0.29, 0.717) is 11.3 Å². The Morgan fingerprint density at radius 2 is 2.05 bits per heavy atom. The van der Waals surface area contributed by atoms with Crippen LogP contribution in [0.2, 0.25) is 0 Å². The molecule has 0 saturated carbocycles. The number of aliphatic imine (C=N–C) groups is 1. The first kappa shape index (κ1) is 13.2. The number of phenols is 1. The van der Waals surface area contributed by atoms with Gasteiger partial charge in [0.25, 0.3) is 5.69 Å². The number of rotatable bonds is 3. The van der Waals surface area contributed by atoms with E-state index < -0.39 is 4.92 Å². The standard InChI is InChI=1S/C14H9N3O3/c15-8-10-3-1-2-4-13(10)16-9-11-7-12(17(19)20)5-6-14(11)18/h1-7,9,18H/b16-9+. The van der Waals surface area contributed by atoms with Gasteiger partial charge in [-0.25, -0.2) is 0 Å². The fourth-order valence-electron chi connectivity index (χ4n) is 1.58. The average molecular weight is 267 g/mol. The molecular formula is C14H9N3O3. The Labute approximate surface area is 114 Å². The van der Waals surface area contributed by atoms with Crippen LogP contribution in [0.3, 0.4) is 0 Å². The molecule has 2 aromatic rings. The minimum absolute atomic E-state index is 0.117. The van der Waals surface area contributed by atoms with Crippen molar-refractivity contribution in [3.63, 3.8) is 0 Å². The molecule has 0 saturated heterocycles. The van der Waals surface area contributed by atoms with Crippen molar-refractivity contribution in [2.45, 2.75) is 0 Å². The molecule has 0 aromatic heterocycles. The highest BCUT2D eigenvalue weighted by Crippen LogP contribution is 2.23. The van der Waals surface area contributed by atoms with Crippen LogP contribution in [-0.2, 0) is 0 Å². The van der Waals surface area contributed by atoms with Crippen LogP contribution in [0, 0.1) is 21.4 Å². The summed E-state index contributed by atoms with van der Waals surface area (Å²) < 4.78 is 0. The minimum atomic E-state index is -0.556. The van der Waals surface area contributed by atoms with Crippen molar-refractivity contribution in [2.24, 2.45) is 4.99 Å². The Hall–Kier alpha value is -3.20. The maximum absolute atomic E-state index is 10.7. The number of aromatic hydroxyl groups is 1. The molecule has 0 unspecified atom stereocenters. The molecule has 0 aliphatic rings. The Kier molecular flexibility index (Phi) is 3.72. The zero-order chi connectivity index (χ0) is 14.5. The lowest BCUT2D eigenvalue weighted by molar-refractivity contribution is -0.384. The maximum Gasteiger partial charge on any atom is 0.270 e. The third kappa shape index (κ3) is 2.79. The second kappa shape index (κ2) is 5.63. The third-order valence-electron chi connectivity index (χ3n) is 2.59. The smallest absolute Gasteiger partial charge is 0.270 e. The number of nitriles is 1. The molecule has 2 aromatic carbocycles. The van der Waals surface area contributed by atoms with E-state index in [4.69, 9.17) is 5.26 Å². The van der Waals surface area contributed by atoms with Gasteiger partial charge in [-0.15, -0.1) is 0 Å². The van der Waals surface area contributed by atoms with Crippen molar-refractivity contribution in [3.8, 4) is 11.8 Å². The summed E-state index contributed by atoms with van der Waals surface area (Å²) in [6.07, 6.45) is 1.29. The SMILES string of the molecule is N#Cc1ccccc1/N=C/c1cc([N+](=O)[O-])ccc1O. The number of non-ortho nitro benzene ring substituents is 1. The highest BCUT2D eigenvalue weighted by Gasteiger charge is 2.08. The molecule has 0 fully saturated rings. The van der Waals surface area contributed by atoms with Gasteiger partial charge >= 0.3 is 0 Å². The van der Waals surface area contributed by atoms with Gasteiger partial charge < -0.3 is 5.11 Å². The molecule has 1 N–H and O–H groups in total. The van der Waals surface area contributed by atoms with Crippen LogP contribution < -0.4 is 0 Å². The highest BCUT2D eigenvalue weighted by atomic mass is 16.6. The summed E-state index contributed by atoms with van der Waals surface area (Å²) in [5.74, 6) is -0.117. The van der Waals surface area contributed by atoms with E-state index in [1.807, 2.05) is 6.07 Å². The van der Waals surface area contributed by atoms with Crippen molar-refractivity contribution in [3.05, 3.63) is 63.7 Å². The van der Waals surface area contributed by atoms with E-state index in [-0.39, 0.29) is 17.0 Å². The number of hydrogen-bond donors (Lipinski definition) is 1. The first-order valence-electron chi connectivity index (χ1n) is 5.62. The number of phenolic OH excluding ortho intramolecular Hbond substituents is 1. The number of hydrogen-bond acceptors (Lipinski definition) is 5. The molecule has 0 amide bonds. The van der Waals surface area contributed by atoms with Crippen LogP contribution in [0.1, 0.15) is 11.1 Å². The van der Waals surface area contributed by atoms with E-state index in [0.717, 1.165) is 0 Å². The van der Waals surface area contributed by atoms with Gasteiger partial charge in [-0.3, -0.25) is 15.1 Å². The van der Waals surface area contributed by atoms with Crippen LogP contribution in [0.5, 0.6) is 5.75 Å². The molecule has 6 nitrogen and oxygen atoms in total. The normalized spacial score (nSPS) is 10.3.